The predicted octanol–water partition coefficient (Wildman–Crippen LogP) is -1.69. The van der Waals surface area contributed by atoms with Crippen LogP contribution < -0.4 is 34.7 Å². The fourth-order valence-corrected chi connectivity index (χ4v) is 4.38. The van der Waals surface area contributed by atoms with Gasteiger partial charge < -0.3 is 14.5 Å². The van der Waals surface area contributed by atoms with Crippen molar-refractivity contribution in [3.63, 3.8) is 0 Å². The molecular formula is C24H23FN3NaO4. The van der Waals surface area contributed by atoms with Crippen LogP contribution in [-0.2, 0) is 33.9 Å². The van der Waals surface area contributed by atoms with Crippen LogP contribution in [0.2, 0.25) is 0 Å². The summed E-state index contributed by atoms with van der Waals surface area (Å²) in [5, 5.41) is 11.8. The molecule has 0 bridgehead atoms. The number of carboxylic acids is 1. The van der Waals surface area contributed by atoms with Crippen LogP contribution in [0.3, 0.4) is 0 Å². The van der Waals surface area contributed by atoms with E-state index >= 15 is 0 Å². The van der Waals surface area contributed by atoms with Gasteiger partial charge in [0, 0.05) is 48.6 Å². The van der Waals surface area contributed by atoms with E-state index in [9.17, 15) is 23.9 Å². The van der Waals surface area contributed by atoms with E-state index in [0.29, 0.717) is 25.9 Å². The van der Waals surface area contributed by atoms with Crippen molar-refractivity contribution in [3.8, 4) is 0 Å². The Bertz CT molecular complexity index is 1180. The van der Waals surface area contributed by atoms with E-state index in [1.165, 1.54) is 12.1 Å². The number of hydrogen-bond acceptors (Lipinski definition) is 5. The maximum Gasteiger partial charge on any atom is 1.00 e. The van der Waals surface area contributed by atoms with E-state index in [4.69, 9.17) is 0 Å². The summed E-state index contributed by atoms with van der Waals surface area (Å²) in [5.41, 5.74) is 4.08. The number of benzene rings is 2. The standard InChI is InChI=1S/C24H24FN3O4.Na/c1-26-14-22-19(12-21(26)24(32)27(15-29)11-10-23(30)31)18-4-2-3-5-20(18)28(22)13-16-6-8-17(25)9-7-16;/h2-9,15,21H,10-14H2,1H3,(H,30,31);/q;+1/p-1. The van der Waals surface area contributed by atoms with Gasteiger partial charge in [0.15, 0.2) is 0 Å². The Morgan fingerprint density at radius 1 is 1.18 bits per heavy atom. The quantitative estimate of drug-likeness (QED) is 0.311. The normalized spacial score (nSPS) is 15.5. The molecule has 0 saturated carbocycles. The smallest absolute Gasteiger partial charge is 0.550 e. The molecule has 1 unspecified atom stereocenters. The minimum Gasteiger partial charge on any atom is -0.550 e. The maximum absolute atomic E-state index is 13.3. The van der Waals surface area contributed by atoms with Crippen LogP contribution in [0, 0.1) is 5.82 Å². The van der Waals surface area contributed by atoms with Gasteiger partial charge in [-0.05, 0) is 42.8 Å². The SMILES string of the molecule is CN1Cc2c(c3ccccc3n2Cc2ccc(F)cc2)CC1C(=O)N(C=O)CCC(=O)[O-].[Na+]. The van der Waals surface area contributed by atoms with Crippen LogP contribution >= 0.6 is 0 Å². The van der Waals surface area contributed by atoms with Crippen molar-refractivity contribution >= 4 is 29.2 Å². The van der Waals surface area contributed by atoms with E-state index in [1.807, 2.05) is 36.2 Å². The predicted molar refractivity (Wildman–Crippen MR) is 114 cm³/mol. The van der Waals surface area contributed by atoms with Gasteiger partial charge in [-0.1, -0.05) is 30.3 Å². The van der Waals surface area contributed by atoms with Crippen LogP contribution in [0.1, 0.15) is 23.2 Å². The maximum atomic E-state index is 13.3. The summed E-state index contributed by atoms with van der Waals surface area (Å²) in [6, 6.07) is 13.7. The first-order chi connectivity index (χ1) is 15.4. The van der Waals surface area contributed by atoms with E-state index in [-0.39, 0.29) is 41.9 Å². The number of hydrogen-bond donors (Lipinski definition) is 0. The average Bonchev–Trinajstić information content (AvgIpc) is 3.07. The Kier molecular flexibility index (Phi) is 8.07. The van der Waals surface area contributed by atoms with Gasteiger partial charge in [-0.25, -0.2) is 4.39 Å². The molecule has 4 rings (SSSR count). The number of fused-ring (bicyclic) bond motifs is 3. The number of imide groups is 1. The molecule has 1 aromatic heterocycles. The second kappa shape index (κ2) is 10.6. The minimum atomic E-state index is -1.31. The van der Waals surface area contributed by atoms with Crippen LogP contribution in [0.15, 0.2) is 48.5 Å². The second-order valence-corrected chi connectivity index (χ2v) is 8.05. The molecule has 0 aliphatic carbocycles. The van der Waals surface area contributed by atoms with Crippen molar-refractivity contribution in [1.29, 1.82) is 0 Å². The van der Waals surface area contributed by atoms with Crippen molar-refractivity contribution < 1.29 is 53.4 Å². The molecule has 0 fully saturated rings. The zero-order valence-electron chi connectivity index (χ0n) is 18.7. The van der Waals surface area contributed by atoms with E-state index in [0.717, 1.165) is 32.6 Å². The first kappa shape index (κ1) is 25.1. The average molecular weight is 459 g/mol. The third kappa shape index (κ3) is 5.19. The van der Waals surface area contributed by atoms with Gasteiger partial charge in [0.1, 0.15) is 5.82 Å². The Hall–Kier alpha value is -2.52. The molecule has 2 aromatic carbocycles. The molecular weight excluding hydrogens is 436 g/mol. The zero-order chi connectivity index (χ0) is 22.8. The number of para-hydroxylation sites is 1. The molecule has 0 saturated heterocycles. The Labute approximate surface area is 213 Å². The molecule has 0 N–H and O–H groups in total. The molecule has 2 heterocycles. The van der Waals surface area contributed by atoms with Gasteiger partial charge in [-0.15, -0.1) is 0 Å². The molecule has 9 heteroatoms. The topological polar surface area (TPSA) is 85.7 Å². The molecule has 166 valence electrons. The summed E-state index contributed by atoms with van der Waals surface area (Å²) in [4.78, 5) is 38.0. The molecule has 3 aromatic rings. The summed E-state index contributed by atoms with van der Waals surface area (Å²) in [5.74, 6) is -2.02. The minimum absolute atomic E-state index is 0. The summed E-state index contributed by atoms with van der Waals surface area (Å²) < 4.78 is 15.5. The monoisotopic (exact) mass is 459 g/mol. The van der Waals surface area contributed by atoms with Gasteiger partial charge in [0.05, 0.1) is 6.04 Å². The fourth-order valence-electron chi connectivity index (χ4n) is 4.38. The molecule has 7 nitrogen and oxygen atoms in total. The molecule has 33 heavy (non-hydrogen) atoms. The second-order valence-electron chi connectivity index (χ2n) is 8.05. The fraction of sp³-hybridized carbons (Fsp3) is 0.292. The summed E-state index contributed by atoms with van der Waals surface area (Å²) >= 11 is 0. The molecule has 1 aliphatic rings. The first-order valence-corrected chi connectivity index (χ1v) is 10.4. The van der Waals surface area contributed by atoms with Crippen LogP contribution in [0.4, 0.5) is 4.39 Å². The van der Waals surface area contributed by atoms with E-state index < -0.39 is 24.3 Å². The van der Waals surface area contributed by atoms with Crippen LogP contribution in [-0.4, -0.2) is 52.3 Å². The molecule has 0 radical (unpaired) electrons. The number of aliphatic carboxylic acids is 1. The van der Waals surface area contributed by atoms with E-state index in [2.05, 4.69) is 4.57 Å². The van der Waals surface area contributed by atoms with Crippen molar-refractivity contribution in [2.75, 3.05) is 13.6 Å². The molecule has 1 aliphatic heterocycles. The van der Waals surface area contributed by atoms with Crippen molar-refractivity contribution in [1.82, 2.24) is 14.4 Å². The van der Waals surface area contributed by atoms with Gasteiger partial charge in [-0.3, -0.25) is 19.4 Å². The molecule has 2 amide bonds. The Morgan fingerprint density at radius 3 is 2.55 bits per heavy atom. The molecule has 1 atom stereocenters. The van der Waals surface area contributed by atoms with Crippen molar-refractivity contribution in [2.45, 2.75) is 32.0 Å². The van der Waals surface area contributed by atoms with Gasteiger partial charge >= 0.3 is 29.6 Å². The third-order valence-corrected chi connectivity index (χ3v) is 6.03. The number of nitrogens with zero attached hydrogens (tertiary/aromatic N) is 3. The van der Waals surface area contributed by atoms with Crippen LogP contribution in [0.5, 0.6) is 0 Å². The first-order valence-electron chi connectivity index (χ1n) is 10.4. The number of amides is 2. The third-order valence-electron chi connectivity index (χ3n) is 6.03. The number of carbonyl (C=O) groups is 3. The van der Waals surface area contributed by atoms with Gasteiger partial charge in [0.2, 0.25) is 12.3 Å². The van der Waals surface area contributed by atoms with Crippen molar-refractivity contribution in [2.24, 2.45) is 0 Å². The number of aromatic nitrogens is 1. The summed E-state index contributed by atoms with van der Waals surface area (Å²) in [6.45, 7) is 0.831. The van der Waals surface area contributed by atoms with Gasteiger partial charge in [-0.2, -0.15) is 0 Å². The van der Waals surface area contributed by atoms with Gasteiger partial charge in [0.25, 0.3) is 0 Å². The largest absolute Gasteiger partial charge is 1.00 e. The number of likely N-dealkylation sites (N-methyl/N-ethyl adjacent to an activating group) is 1. The number of carboxylic acid groups (broad SMARTS) is 1. The summed E-state index contributed by atoms with van der Waals surface area (Å²) in [7, 11) is 1.81. The number of rotatable bonds is 7. The summed E-state index contributed by atoms with van der Waals surface area (Å²) in [6.07, 6.45) is 0.382. The number of carbonyl (C=O) groups excluding carboxylic acids is 3. The zero-order valence-corrected chi connectivity index (χ0v) is 20.7. The van der Waals surface area contributed by atoms with E-state index in [1.54, 1.807) is 12.1 Å². The Balaban J connectivity index is 0.00000306. The van der Waals surface area contributed by atoms with Crippen LogP contribution in [0.25, 0.3) is 10.9 Å². The Morgan fingerprint density at radius 2 is 1.88 bits per heavy atom. The molecule has 0 spiro atoms. The number of halogens is 1. The van der Waals surface area contributed by atoms with Crippen molar-refractivity contribution in [3.05, 3.63) is 71.2 Å².